The van der Waals surface area contributed by atoms with Crippen molar-refractivity contribution in [1.29, 1.82) is 0 Å². The van der Waals surface area contributed by atoms with Crippen molar-refractivity contribution in [3.63, 3.8) is 0 Å². The van der Waals surface area contributed by atoms with Crippen molar-refractivity contribution in [1.82, 2.24) is 10.1 Å². The second-order valence-corrected chi connectivity index (χ2v) is 3.96. The molecule has 0 amide bonds. The number of carbonyl (C=O) groups is 1. The molecule has 6 nitrogen and oxygen atoms in total. The Balaban J connectivity index is 2.26. The van der Waals surface area contributed by atoms with Crippen LogP contribution in [0.5, 0.6) is 5.75 Å². The maximum atomic E-state index is 11.1. The van der Waals surface area contributed by atoms with E-state index in [1.165, 1.54) is 6.20 Å². The highest BCUT2D eigenvalue weighted by Crippen LogP contribution is 2.34. The zero-order valence-electron chi connectivity index (χ0n) is 10.0. The number of hydrogen-bond acceptors (Lipinski definition) is 4. The minimum absolute atomic E-state index is 0.0312. The van der Waals surface area contributed by atoms with E-state index in [4.69, 9.17) is 14.4 Å². The van der Waals surface area contributed by atoms with Crippen LogP contribution in [-0.2, 0) is 0 Å². The summed E-state index contributed by atoms with van der Waals surface area (Å²) in [5.74, 6) is -0.166. The fraction of sp³-hybridized carbons (Fsp3) is 0.0769. The number of nitrogens with one attached hydrogen (secondary N) is 1. The lowest BCUT2D eigenvalue weighted by Crippen LogP contribution is -1.95. The molecule has 0 bridgehead atoms. The van der Waals surface area contributed by atoms with Gasteiger partial charge in [-0.05, 0) is 6.07 Å². The summed E-state index contributed by atoms with van der Waals surface area (Å²) >= 11 is 0. The largest absolute Gasteiger partial charge is 0.495 e. The van der Waals surface area contributed by atoms with Gasteiger partial charge in [0.2, 0.25) is 0 Å². The Labute approximate surface area is 107 Å². The van der Waals surface area contributed by atoms with Crippen molar-refractivity contribution in [2.24, 2.45) is 0 Å². The first-order valence-electron chi connectivity index (χ1n) is 5.55. The van der Waals surface area contributed by atoms with Crippen LogP contribution in [0.25, 0.3) is 22.2 Å². The van der Waals surface area contributed by atoms with Crippen LogP contribution in [-0.4, -0.2) is 28.3 Å². The van der Waals surface area contributed by atoms with Crippen molar-refractivity contribution in [2.75, 3.05) is 7.11 Å². The van der Waals surface area contributed by atoms with Crippen molar-refractivity contribution < 1.29 is 19.2 Å². The monoisotopic (exact) mass is 258 g/mol. The number of methoxy groups -OCH3 is 1. The number of aromatic carboxylic acids is 1. The molecule has 0 aliphatic carbocycles. The van der Waals surface area contributed by atoms with Crippen molar-refractivity contribution in [3.05, 3.63) is 36.2 Å². The van der Waals surface area contributed by atoms with E-state index in [0.717, 1.165) is 10.9 Å². The molecule has 0 spiro atoms. The molecule has 6 heteroatoms. The maximum Gasteiger partial charge on any atom is 0.341 e. The summed E-state index contributed by atoms with van der Waals surface area (Å²) in [6, 6.07) is 5.51. The standard InChI is InChI=1S/C13H10N2O4/c1-18-10-4-2-3-7-8(5-14-11(7)10)12-9(13(16)17)6-15-19-12/h2-6,14H,1H3,(H,16,17). The number of benzene rings is 1. The zero-order chi connectivity index (χ0) is 13.4. The van der Waals surface area contributed by atoms with Crippen LogP contribution in [0.1, 0.15) is 10.4 Å². The molecule has 0 saturated heterocycles. The molecular weight excluding hydrogens is 248 g/mol. The number of carboxylic acids is 1. The van der Waals surface area contributed by atoms with Gasteiger partial charge in [-0.2, -0.15) is 0 Å². The molecule has 0 saturated carbocycles. The van der Waals surface area contributed by atoms with E-state index in [0.29, 0.717) is 11.3 Å². The van der Waals surface area contributed by atoms with Gasteiger partial charge in [-0.1, -0.05) is 17.3 Å². The topological polar surface area (TPSA) is 88.3 Å². The number of aromatic nitrogens is 2. The Morgan fingerprint density at radius 2 is 2.32 bits per heavy atom. The molecule has 96 valence electrons. The van der Waals surface area contributed by atoms with Gasteiger partial charge in [0.05, 0.1) is 18.8 Å². The average Bonchev–Trinajstić information content (AvgIpc) is 3.03. The number of fused-ring (bicyclic) bond motifs is 1. The van der Waals surface area contributed by atoms with Gasteiger partial charge in [0.25, 0.3) is 0 Å². The number of hydrogen-bond donors (Lipinski definition) is 2. The highest BCUT2D eigenvalue weighted by atomic mass is 16.5. The summed E-state index contributed by atoms with van der Waals surface area (Å²) in [5, 5.41) is 13.5. The fourth-order valence-electron chi connectivity index (χ4n) is 2.07. The second-order valence-electron chi connectivity index (χ2n) is 3.96. The molecule has 1 aromatic carbocycles. The molecule has 0 aliphatic heterocycles. The minimum atomic E-state index is -1.08. The normalized spacial score (nSPS) is 10.8. The number of aromatic amines is 1. The molecule has 3 aromatic rings. The lowest BCUT2D eigenvalue weighted by Gasteiger charge is -2.01. The minimum Gasteiger partial charge on any atom is -0.495 e. The number of para-hydroxylation sites is 1. The SMILES string of the molecule is COc1cccc2c(-c3oncc3C(=O)O)c[nH]c12. The molecule has 0 atom stereocenters. The van der Waals surface area contributed by atoms with Crippen molar-refractivity contribution >= 4 is 16.9 Å². The molecule has 0 fully saturated rings. The van der Waals surface area contributed by atoms with E-state index >= 15 is 0 Å². The van der Waals surface area contributed by atoms with Gasteiger partial charge in [-0.15, -0.1) is 0 Å². The lowest BCUT2D eigenvalue weighted by atomic mass is 10.1. The van der Waals surface area contributed by atoms with Crippen LogP contribution in [0.3, 0.4) is 0 Å². The third-order valence-electron chi connectivity index (χ3n) is 2.94. The van der Waals surface area contributed by atoms with E-state index in [-0.39, 0.29) is 11.3 Å². The van der Waals surface area contributed by atoms with Crippen LogP contribution in [0.4, 0.5) is 0 Å². The number of rotatable bonds is 3. The van der Waals surface area contributed by atoms with E-state index < -0.39 is 5.97 Å². The third-order valence-corrected chi connectivity index (χ3v) is 2.94. The number of nitrogens with zero attached hydrogens (tertiary/aromatic N) is 1. The summed E-state index contributed by atoms with van der Waals surface area (Å²) in [5.41, 5.74) is 1.46. The molecular formula is C13H10N2O4. The van der Waals surface area contributed by atoms with Gasteiger partial charge < -0.3 is 19.4 Å². The third kappa shape index (κ3) is 1.65. The van der Waals surface area contributed by atoms with Crippen LogP contribution in [0.15, 0.2) is 35.1 Å². The Kier molecular flexibility index (Phi) is 2.49. The zero-order valence-corrected chi connectivity index (χ0v) is 10.0. The summed E-state index contributed by atoms with van der Waals surface area (Å²) in [6.07, 6.45) is 2.87. The first-order chi connectivity index (χ1) is 9.22. The first kappa shape index (κ1) is 11.3. The first-order valence-corrected chi connectivity index (χ1v) is 5.55. The van der Waals surface area contributed by atoms with Gasteiger partial charge in [-0.3, -0.25) is 0 Å². The maximum absolute atomic E-state index is 11.1. The number of carboxylic acid groups (broad SMARTS) is 1. The second kappa shape index (κ2) is 4.16. The number of ether oxygens (including phenoxy) is 1. The van der Waals surface area contributed by atoms with Gasteiger partial charge in [-0.25, -0.2) is 4.79 Å². The average molecular weight is 258 g/mol. The van der Waals surface area contributed by atoms with E-state index in [1.54, 1.807) is 13.3 Å². The van der Waals surface area contributed by atoms with Gasteiger partial charge in [0, 0.05) is 17.1 Å². The predicted molar refractivity (Wildman–Crippen MR) is 67.3 cm³/mol. The molecule has 0 radical (unpaired) electrons. The molecule has 0 unspecified atom stereocenters. The van der Waals surface area contributed by atoms with Crippen molar-refractivity contribution in [2.45, 2.75) is 0 Å². The van der Waals surface area contributed by atoms with Crippen LogP contribution in [0.2, 0.25) is 0 Å². The molecule has 2 heterocycles. The van der Waals surface area contributed by atoms with Gasteiger partial charge in [0.1, 0.15) is 11.3 Å². The molecule has 2 N–H and O–H groups in total. The Morgan fingerprint density at radius 1 is 1.47 bits per heavy atom. The Morgan fingerprint density at radius 3 is 3.05 bits per heavy atom. The molecule has 3 rings (SSSR count). The summed E-state index contributed by atoms with van der Waals surface area (Å²) in [6.45, 7) is 0. The smallest absolute Gasteiger partial charge is 0.341 e. The van der Waals surface area contributed by atoms with Gasteiger partial charge in [0.15, 0.2) is 5.76 Å². The Bertz CT molecular complexity index is 757. The van der Waals surface area contributed by atoms with Crippen LogP contribution < -0.4 is 4.74 Å². The highest BCUT2D eigenvalue weighted by molar-refractivity contribution is 6.02. The summed E-state index contributed by atoms with van der Waals surface area (Å²) < 4.78 is 10.3. The van der Waals surface area contributed by atoms with Gasteiger partial charge >= 0.3 is 5.97 Å². The lowest BCUT2D eigenvalue weighted by molar-refractivity contribution is 0.0697. The molecule has 19 heavy (non-hydrogen) atoms. The van der Waals surface area contributed by atoms with E-state index in [9.17, 15) is 4.79 Å². The summed E-state index contributed by atoms with van der Waals surface area (Å²) in [7, 11) is 1.58. The predicted octanol–water partition coefficient (Wildman–Crippen LogP) is 2.53. The van der Waals surface area contributed by atoms with E-state index in [1.807, 2.05) is 18.2 Å². The number of H-pyrrole nitrogens is 1. The van der Waals surface area contributed by atoms with Crippen LogP contribution >= 0.6 is 0 Å². The van der Waals surface area contributed by atoms with Crippen LogP contribution in [0, 0.1) is 0 Å². The highest BCUT2D eigenvalue weighted by Gasteiger charge is 2.20. The fourth-order valence-corrected chi connectivity index (χ4v) is 2.07. The molecule has 0 aliphatic rings. The quantitative estimate of drug-likeness (QED) is 0.753. The molecule has 2 aromatic heterocycles. The summed E-state index contributed by atoms with van der Waals surface area (Å²) in [4.78, 5) is 14.2. The van der Waals surface area contributed by atoms with E-state index in [2.05, 4.69) is 10.1 Å². The Hall–Kier alpha value is -2.76. The van der Waals surface area contributed by atoms with Crippen molar-refractivity contribution in [3.8, 4) is 17.1 Å².